The van der Waals surface area contributed by atoms with Crippen LogP contribution in [0.1, 0.15) is 54.4 Å². The molecule has 36 heavy (non-hydrogen) atoms. The van der Waals surface area contributed by atoms with Crippen molar-refractivity contribution in [2.24, 2.45) is 5.92 Å². The number of aromatic hydroxyl groups is 1. The van der Waals surface area contributed by atoms with Gasteiger partial charge in [0.15, 0.2) is 11.5 Å². The number of hydrogen-bond acceptors (Lipinski definition) is 5. The van der Waals surface area contributed by atoms with E-state index in [0.717, 1.165) is 43.0 Å². The molecule has 2 aromatic rings. The number of ether oxygens (including phenoxy) is 1. The number of phenolic OH excluding ortho intramolecular Hbond substituents is 1. The number of likely N-dealkylation sites (tertiary alicyclic amines) is 1. The Bertz CT molecular complexity index is 1250. The summed E-state index contributed by atoms with van der Waals surface area (Å²) in [5, 5.41) is 26.5. The molecule has 1 amide bonds. The van der Waals surface area contributed by atoms with Gasteiger partial charge in [-0.2, -0.15) is 0 Å². The number of piperidine rings is 1. The molecule has 3 N–H and O–H groups in total. The number of rotatable bonds is 5. The van der Waals surface area contributed by atoms with Crippen LogP contribution in [0.3, 0.4) is 0 Å². The average Bonchev–Trinajstić information content (AvgIpc) is 3.60. The highest BCUT2D eigenvalue weighted by atomic mass is 16.5. The zero-order valence-corrected chi connectivity index (χ0v) is 20.7. The zero-order chi connectivity index (χ0) is 24.7. The molecule has 7 rings (SSSR count). The molecule has 1 spiro atoms. The number of aliphatic hydroxyl groups is 1. The van der Waals surface area contributed by atoms with E-state index in [1.54, 1.807) is 12.1 Å². The first kappa shape index (κ1) is 22.4. The lowest BCUT2D eigenvalue weighted by atomic mass is 9.48. The fraction of sp³-hybridized carbons (Fsp3) is 0.500. The molecule has 2 heterocycles. The van der Waals surface area contributed by atoms with Crippen LogP contribution < -0.4 is 10.1 Å². The third kappa shape index (κ3) is 3.13. The van der Waals surface area contributed by atoms with Crippen LogP contribution in [0.4, 0.5) is 0 Å². The highest BCUT2D eigenvalue weighted by molar-refractivity contribution is 5.92. The van der Waals surface area contributed by atoms with Gasteiger partial charge >= 0.3 is 0 Å². The molecule has 3 aliphatic carbocycles. The Morgan fingerprint density at radius 2 is 1.97 bits per heavy atom. The number of benzene rings is 2. The monoisotopic (exact) mass is 486 g/mol. The Labute approximate surface area is 212 Å². The van der Waals surface area contributed by atoms with Crippen molar-refractivity contribution in [3.8, 4) is 11.5 Å². The van der Waals surface area contributed by atoms with Crippen LogP contribution in [0.2, 0.25) is 0 Å². The molecule has 5 aliphatic rings. The van der Waals surface area contributed by atoms with Gasteiger partial charge in [0.05, 0.1) is 17.1 Å². The van der Waals surface area contributed by atoms with Crippen molar-refractivity contribution in [2.45, 2.75) is 74.7 Å². The summed E-state index contributed by atoms with van der Waals surface area (Å²) in [6.45, 7) is 4.00. The normalized spacial score (nSPS) is 34.3. The molecule has 2 saturated carbocycles. The number of nitrogens with zero attached hydrogens (tertiary/aromatic N) is 1. The predicted molar refractivity (Wildman–Crippen MR) is 137 cm³/mol. The zero-order valence-electron chi connectivity index (χ0n) is 20.7. The van der Waals surface area contributed by atoms with Gasteiger partial charge in [-0.3, -0.25) is 9.69 Å². The van der Waals surface area contributed by atoms with Crippen LogP contribution in [0, 0.1) is 12.8 Å². The summed E-state index contributed by atoms with van der Waals surface area (Å²) in [7, 11) is 0. The largest absolute Gasteiger partial charge is 0.504 e. The van der Waals surface area contributed by atoms with Crippen molar-refractivity contribution in [3.63, 3.8) is 0 Å². The van der Waals surface area contributed by atoms with Gasteiger partial charge in [0.2, 0.25) is 5.91 Å². The van der Waals surface area contributed by atoms with Crippen molar-refractivity contribution in [1.82, 2.24) is 10.2 Å². The van der Waals surface area contributed by atoms with E-state index in [0.29, 0.717) is 18.6 Å². The molecule has 6 nitrogen and oxygen atoms in total. The first-order valence-electron chi connectivity index (χ1n) is 13.4. The van der Waals surface area contributed by atoms with Crippen molar-refractivity contribution in [1.29, 1.82) is 0 Å². The van der Waals surface area contributed by atoms with Crippen LogP contribution in [0.15, 0.2) is 42.5 Å². The Kier molecular flexibility index (Phi) is 4.87. The molecule has 0 radical (unpaired) electrons. The predicted octanol–water partition coefficient (Wildman–Crippen LogP) is 3.46. The van der Waals surface area contributed by atoms with Crippen molar-refractivity contribution < 1.29 is 19.7 Å². The van der Waals surface area contributed by atoms with E-state index in [9.17, 15) is 15.0 Å². The van der Waals surface area contributed by atoms with Gasteiger partial charge in [0.1, 0.15) is 6.10 Å². The number of aryl methyl sites for hydroxylation is 1. The highest BCUT2D eigenvalue weighted by Crippen LogP contribution is 2.65. The number of nitrogens with one attached hydrogen (secondary N) is 1. The maximum Gasteiger partial charge on any atom is 0.244 e. The van der Waals surface area contributed by atoms with E-state index < -0.39 is 17.1 Å². The number of hydrogen-bond donors (Lipinski definition) is 3. The van der Waals surface area contributed by atoms with Gasteiger partial charge in [-0.15, -0.1) is 0 Å². The summed E-state index contributed by atoms with van der Waals surface area (Å²) in [5.41, 5.74) is 2.77. The van der Waals surface area contributed by atoms with Crippen LogP contribution in [-0.2, 0) is 16.6 Å². The summed E-state index contributed by atoms with van der Waals surface area (Å²) < 4.78 is 6.53. The Morgan fingerprint density at radius 1 is 1.17 bits per heavy atom. The topological polar surface area (TPSA) is 82.0 Å². The minimum atomic E-state index is -0.935. The molecule has 1 saturated heterocycles. The summed E-state index contributed by atoms with van der Waals surface area (Å²) in [6.07, 6.45) is 8.39. The van der Waals surface area contributed by atoms with Gasteiger partial charge < -0.3 is 20.3 Å². The maximum absolute atomic E-state index is 13.0. The first-order valence-corrected chi connectivity index (χ1v) is 13.4. The lowest BCUT2D eigenvalue weighted by molar-refractivity contribution is -0.192. The van der Waals surface area contributed by atoms with Crippen LogP contribution in [-0.4, -0.2) is 57.9 Å². The molecule has 2 aliphatic heterocycles. The van der Waals surface area contributed by atoms with E-state index in [-0.39, 0.29) is 23.7 Å². The Hall–Kier alpha value is -2.83. The second-order valence-corrected chi connectivity index (χ2v) is 11.7. The molecule has 3 fully saturated rings. The number of carbonyl (C=O) groups excluding carboxylic acids is 1. The fourth-order valence-corrected chi connectivity index (χ4v) is 7.71. The SMILES string of the molecule is Cc1ccc(/C=C/C(=O)N[C@@H]2CC[C@@]3(O)[C@H]4Cc5ccc(O)c6c5[C@@]3(CCN4CC3CC3)[C@H]2O6)cc1. The van der Waals surface area contributed by atoms with Crippen LogP contribution in [0.25, 0.3) is 6.08 Å². The number of amides is 1. The van der Waals surface area contributed by atoms with E-state index in [1.807, 2.05) is 43.3 Å². The lowest BCUT2D eigenvalue weighted by Crippen LogP contribution is -2.78. The smallest absolute Gasteiger partial charge is 0.244 e. The Morgan fingerprint density at radius 3 is 2.75 bits per heavy atom. The molecular weight excluding hydrogens is 452 g/mol. The van der Waals surface area contributed by atoms with Gasteiger partial charge in [-0.1, -0.05) is 35.9 Å². The van der Waals surface area contributed by atoms with Crippen molar-refractivity contribution >= 4 is 12.0 Å². The number of carbonyl (C=O) groups is 1. The number of phenols is 1. The molecule has 6 heteroatoms. The third-order valence-electron chi connectivity index (χ3n) is 9.59. The Balaban J connectivity index is 1.22. The van der Waals surface area contributed by atoms with E-state index >= 15 is 0 Å². The minimum Gasteiger partial charge on any atom is -0.504 e. The molecule has 2 bridgehead atoms. The minimum absolute atomic E-state index is 0.0408. The molecular formula is C30H34N2O4. The maximum atomic E-state index is 13.0. The molecule has 0 aromatic heterocycles. The summed E-state index contributed by atoms with van der Waals surface area (Å²) in [6, 6.07) is 11.6. The van der Waals surface area contributed by atoms with E-state index in [1.165, 1.54) is 24.0 Å². The third-order valence-corrected chi connectivity index (χ3v) is 9.59. The second kappa shape index (κ2) is 7.83. The summed E-state index contributed by atoms with van der Waals surface area (Å²) in [5.74, 6) is 1.24. The molecule has 0 unspecified atom stereocenters. The van der Waals surface area contributed by atoms with Gasteiger partial charge in [-0.05, 0) is 81.2 Å². The molecule has 188 valence electrons. The van der Waals surface area contributed by atoms with E-state index in [4.69, 9.17) is 4.74 Å². The quantitative estimate of drug-likeness (QED) is 0.564. The van der Waals surface area contributed by atoms with Crippen molar-refractivity contribution in [2.75, 3.05) is 13.1 Å². The van der Waals surface area contributed by atoms with Gasteiger partial charge in [-0.25, -0.2) is 0 Å². The standard InChI is InChI=1S/C30H34N2O4/c1-18-2-4-19(5-3-18)8-11-25(34)31-22-12-13-30(35)24-16-21-9-10-23(33)27-26(21)29(30,28(22)36-27)14-15-32(24)17-20-6-7-20/h2-5,8-11,20,22,24,28,33,35H,6-7,12-17H2,1H3,(H,31,34)/b11-8+/t22-,24-,28+,29+,30-/m1/s1. The molecule has 5 atom stereocenters. The second-order valence-electron chi connectivity index (χ2n) is 11.7. The summed E-state index contributed by atoms with van der Waals surface area (Å²) >= 11 is 0. The van der Waals surface area contributed by atoms with Crippen LogP contribution in [0.5, 0.6) is 11.5 Å². The van der Waals surface area contributed by atoms with Crippen LogP contribution >= 0.6 is 0 Å². The lowest BCUT2D eigenvalue weighted by Gasteiger charge is -2.64. The van der Waals surface area contributed by atoms with E-state index in [2.05, 4.69) is 10.2 Å². The van der Waals surface area contributed by atoms with Gasteiger partial charge in [0.25, 0.3) is 0 Å². The summed E-state index contributed by atoms with van der Waals surface area (Å²) in [4.78, 5) is 15.5. The fourth-order valence-electron chi connectivity index (χ4n) is 7.71. The first-order chi connectivity index (χ1) is 17.4. The average molecular weight is 487 g/mol. The molecule has 2 aromatic carbocycles. The van der Waals surface area contributed by atoms with Crippen molar-refractivity contribution in [3.05, 3.63) is 64.7 Å². The highest BCUT2D eigenvalue weighted by Gasteiger charge is 2.73. The van der Waals surface area contributed by atoms with Gasteiger partial charge in [0, 0.05) is 24.2 Å².